The Morgan fingerprint density at radius 1 is 1.38 bits per heavy atom. The van der Waals surface area contributed by atoms with Crippen molar-refractivity contribution < 1.29 is 9.53 Å². The summed E-state index contributed by atoms with van der Waals surface area (Å²) >= 11 is 0. The Morgan fingerprint density at radius 2 is 2.12 bits per heavy atom. The van der Waals surface area contributed by atoms with Crippen LogP contribution in [0, 0.1) is 5.92 Å². The average Bonchev–Trinajstić information content (AvgIpc) is 2.21. The molecule has 1 fully saturated rings. The average molecular weight is 228 g/mol. The minimum atomic E-state index is -0.136. The Kier molecular flexibility index (Phi) is 6.23. The van der Waals surface area contributed by atoms with E-state index in [1.165, 1.54) is 12.8 Å². The molecule has 0 unspecified atom stereocenters. The van der Waals surface area contributed by atoms with Crippen molar-refractivity contribution in [2.24, 2.45) is 11.7 Å². The molecule has 1 heterocycles. The van der Waals surface area contributed by atoms with E-state index in [4.69, 9.17) is 10.5 Å². The number of ether oxygens (including phenoxy) is 1. The van der Waals surface area contributed by atoms with E-state index in [2.05, 4.69) is 6.92 Å². The van der Waals surface area contributed by atoms with Crippen LogP contribution in [0.1, 0.15) is 39.0 Å². The predicted molar refractivity (Wildman–Crippen MR) is 64.2 cm³/mol. The molecular weight excluding hydrogens is 204 g/mol. The van der Waals surface area contributed by atoms with Gasteiger partial charge in [-0.25, -0.2) is 4.79 Å². The summed E-state index contributed by atoms with van der Waals surface area (Å²) in [6.45, 7) is 5.16. The van der Waals surface area contributed by atoms with Gasteiger partial charge in [-0.2, -0.15) is 0 Å². The van der Waals surface area contributed by atoms with Crippen molar-refractivity contribution in [1.29, 1.82) is 0 Å². The fourth-order valence-electron chi connectivity index (χ4n) is 1.87. The number of nitrogens with two attached hydrogens (primary N) is 1. The van der Waals surface area contributed by atoms with Gasteiger partial charge in [0.2, 0.25) is 0 Å². The first-order chi connectivity index (χ1) is 7.77. The van der Waals surface area contributed by atoms with Gasteiger partial charge in [0, 0.05) is 13.1 Å². The normalized spacial score (nSPS) is 16.0. The van der Waals surface area contributed by atoms with Gasteiger partial charge in [0.15, 0.2) is 0 Å². The molecule has 0 aromatic rings. The number of carbonyl (C=O) groups excluding carboxylic acids is 1. The third-order valence-corrected chi connectivity index (χ3v) is 3.01. The van der Waals surface area contributed by atoms with Gasteiger partial charge in [0.05, 0.1) is 6.61 Å². The van der Waals surface area contributed by atoms with Crippen LogP contribution in [0.15, 0.2) is 0 Å². The van der Waals surface area contributed by atoms with E-state index >= 15 is 0 Å². The molecule has 94 valence electrons. The molecule has 1 aliphatic rings. The molecule has 0 aromatic heterocycles. The van der Waals surface area contributed by atoms with Crippen LogP contribution < -0.4 is 5.73 Å². The highest BCUT2D eigenvalue weighted by molar-refractivity contribution is 5.68. The second kappa shape index (κ2) is 7.49. The first kappa shape index (κ1) is 13.3. The standard InChI is InChI=1S/C12H24N2O2/c1-2-3-8-16-12(15)14-9-11(10-14)6-4-5-7-13/h11H,2-10,13H2,1H3. The molecule has 0 aromatic carbocycles. The maximum atomic E-state index is 11.5. The van der Waals surface area contributed by atoms with Crippen LogP contribution in [-0.4, -0.2) is 37.2 Å². The van der Waals surface area contributed by atoms with Crippen molar-refractivity contribution in [3.05, 3.63) is 0 Å². The maximum absolute atomic E-state index is 11.5. The number of rotatable bonds is 7. The molecule has 1 aliphatic heterocycles. The molecule has 2 N–H and O–H groups in total. The summed E-state index contributed by atoms with van der Waals surface area (Å²) in [6, 6.07) is 0. The Balaban J connectivity index is 1.99. The van der Waals surface area contributed by atoms with Gasteiger partial charge in [-0.3, -0.25) is 0 Å². The molecular formula is C12H24N2O2. The van der Waals surface area contributed by atoms with Crippen LogP contribution in [-0.2, 0) is 4.74 Å². The van der Waals surface area contributed by atoms with Crippen molar-refractivity contribution in [3.63, 3.8) is 0 Å². The quantitative estimate of drug-likeness (QED) is 0.678. The molecule has 1 saturated heterocycles. The monoisotopic (exact) mass is 228 g/mol. The second-order valence-corrected chi connectivity index (χ2v) is 4.52. The van der Waals surface area contributed by atoms with Gasteiger partial charge < -0.3 is 15.4 Å². The lowest BCUT2D eigenvalue weighted by Gasteiger charge is -2.38. The van der Waals surface area contributed by atoms with Crippen LogP contribution in [0.25, 0.3) is 0 Å². The minimum absolute atomic E-state index is 0.136. The molecule has 0 bridgehead atoms. The number of nitrogens with zero attached hydrogens (tertiary/aromatic N) is 1. The Labute approximate surface area is 98.1 Å². The van der Waals surface area contributed by atoms with E-state index in [9.17, 15) is 4.79 Å². The van der Waals surface area contributed by atoms with Crippen LogP contribution in [0.3, 0.4) is 0 Å². The Bertz CT molecular complexity index is 203. The summed E-state index contributed by atoms with van der Waals surface area (Å²) in [5.74, 6) is 0.672. The lowest BCUT2D eigenvalue weighted by Crippen LogP contribution is -2.50. The lowest BCUT2D eigenvalue weighted by atomic mass is 9.94. The molecule has 4 nitrogen and oxygen atoms in total. The third-order valence-electron chi connectivity index (χ3n) is 3.01. The summed E-state index contributed by atoms with van der Waals surface area (Å²) in [5.41, 5.74) is 5.43. The highest BCUT2D eigenvalue weighted by Gasteiger charge is 2.30. The maximum Gasteiger partial charge on any atom is 0.409 e. The largest absolute Gasteiger partial charge is 0.449 e. The van der Waals surface area contributed by atoms with Crippen molar-refractivity contribution in [3.8, 4) is 0 Å². The summed E-state index contributed by atoms with van der Waals surface area (Å²) < 4.78 is 5.13. The third kappa shape index (κ3) is 4.39. The van der Waals surface area contributed by atoms with Crippen molar-refractivity contribution >= 4 is 6.09 Å². The van der Waals surface area contributed by atoms with E-state index in [-0.39, 0.29) is 6.09 Å². The van der Waals surface area contributed by atoms with Crippen molar-refractivity contribution in [1.82, 2.24) is 4.90 Å². The van der Waals surface area contributed by atoms with E-state index in [0.717, 1.165) is 38.9 Å². The summed E-state index contributed by atoms with van der Waals surface area (Å²) in [4.78, 5) is 13.3. The molecule has 1 amide bonds. The summed E-state index contributed by atoms with van der Waals surface area (Å²) in [6.07, 6.45) is 5.35. The summed E-state index contributed by atoms with van der Waals surface area (Å²) in [7, 11) is 0. The molecule has 0 atom stereocenters. The Hall–Kier alpha value is -0.770. The van der Waals surface area contributed by atoms with Gasteiger partial charge in [-0.05, 0) is 31.7 Å². The van der Waals surface area contributed by atoms with Gasteiger partial charge in [-0.1, -0.05) is 19.8 Å². The van der Waals surface area contributed by atoms with Crippen molar-refractivity contribution in [2.45, 2.75) is 39.0 Å². The van der Waals surface area contributed by atoms with E-state index in [0.29, 0.717) is 12.5 Å². The SMILES string of the molecule is CCCCOC(=O)N1CC(CCCCN)C1. The molecule has 16 heavy (non-hydrogen) atoms. The first-order valence-corrected chi connectivity index (χ1v) is 6.39. The van der Waals surface area contributed by atoms with Gasteiger partial charge >= 0.3 is 6.09 Å². The molecule has 0 spiro atoms. The zero-order valence-corrected chi connectivity index (χ0v) is 10.3. The molecule has 0 aliphatic carbocycles. The number of likely N-dealkylation sites (tertiary alicyclic amines) is 1. The van der Waals surface area contributed by atoms with E-state index in [1.54, 1.807) is 4.90 Å². The van der Waals surface area contributed by atoms with E-state index in [1.807, 2.05) is 0 Å². The van der Waals surface area contributed by atoms with Crippen LogP contribution in [0.2, 0.25) is 0 Å². The molecule has 4 heteroatoms. The Morgan fingerprint density at radius 3 is 2.75 bits per heavy atom. The highest BCUT2D eigenvalue weighted by atomic mass is 16.6. The topological polar surface area (TPSA) is 55.6 Å². The van der Waals surface area contributed by atoms with Crippen LogP contribution in [0.5, 0.6) is 0 Å². The minimum Gasteiger partial charge on any atom is -0.449 e. The lowest BCUT2D eigenvalue weighted by molar-refractivity contribution is 0.0501. The predicted octanol–water partition coefficient (Wildman–Crippen LogP) is 1.98. The van der Waals surface area contributed by atoms with Crippen LogP contribution >= 0.6 is 0 Å². The van der Waals surface area contributed by atoms with Gasteiger partial charge in [-0.15, -0.1) is 0 Å². The zero-order valence-electron chi connectivity index (χ0n) is 10.3. The van der Waals surface area contributed by atoms with Crippen molar-refractivity contribution in [2.75, 3.05) is 26.2 Å². The zero-order chi connectivity index (χ0) is 11.8. The number of hydrogen-bond donors (Lipinski definition) is 1. The van der Waals surface area contributed by atoms with E-state index < -0.39 is 0 Å². The van der Waals surface area contributed by atoms with Gasteiger partial charge in [0.25, 0.3) is 0 Å². The second-order valence-electron chi connectivity index (χ2n) is 4.52. The first-order valence-electron chi connectivity index (χ1n) is 6.39. The fourth-order valence-corrected chi connectivity index (χ4v) is 1.87. The molecule has 0 saturated carbocycles. The van der Waals surface area contributed by atoms with Gasteiger partial charge in [0.1, 0.15) is 0 Å². The number of hydrogen-bond acceptors (Lipinski definition) is 3. The number of unbranched alkanes of at least 4 members (excludes halogenated alkanes) is 2. The number of carbonyl (C=O) groups is 1. The van der Waals surface area contributed by atoms with Crippen LogP contribution in [0.4, 0.5) is 4.79 Å². The molecule has 0 radical (unpaired) electrons. The molecule has 1 rings (SSSR count). The highest BCUT2D eigenvalue weighted by Crippen LogP contribution is 2.21. The fraction of sp³-hybridized carbons (Fsp3) is 0.917. The smallest absolute Gasteiger partial charge is 0.409 e. The summed E-state index contributed by atoms with van der Waals surface area (Å²) in [5, 5.41) is 0. The number of amides is 1.